The van der Waals surface area contributed by atoms with Gasteiger partial charge >= 0.3 is 0 Å². The number of fused-ring (bicyclic) bond motifs is 2. The maximum absolute atomic E-state index is 13.5. The monoisotopic (exact) mass is 374 g/mol. The van der Waals surface area contributed by atoms with Crippen LogP contribution in [0.25, 0.3) is 44.5 Å². The lowest BCUT2D eigenvalue weighted by atomic mass is 10.0. The van der Waals surface area contributed by atoms with Crippen LogP contribution in [-0.4, -0.2) is 9.38 Å². The van der Waals surface area contributed by atoms with Crippen molar-refractivity contribution in [3.8, 4) is 11.3 Å². The first-order valence-electron chi connectivity index (χ1n) is 9.50. The Kier molecular flexibility index (Phi) is 4.07. The Morgan fingerprint density at radius 2 is 1.59 bits per heavy atom. The topological polar surface area (TPSA) is 34.4 Å². The highest BCUT2D eigenvalue weighted by atomic mass is 16.1. The molecule has 0 fully saturated rings. The fourth-order valence-corrected chi connectivity index (χ4v) is 3.90. The Balaban J connectivity index is 1.96. The molecule has 5 rings (SSSR count). The molecule has 0 aliphatic carbocycles. The average molecular weight is 374 g/mol. The van der Waals surface area contributed by atoms with E-state index in [1.165, 1.54) is 0 Å². The predicted molar refractivity (Wildman–Crippen MR) is 121 cm³/mol. The van der Waals surface area contributed by atoms with Gasteiger partial charge in [-0.2, -0.15) is 0 Å². The number of imidazole rings is 1. The van der Waals surface area contributed by atoms with Gasteiger partial charge in [-0.25, -0.2) is 4.98 Å². The van der Waals surface area contributed by atoms with Gasteiger partial charge in [-0.05, 0) is 17.5 Å². The summed E-state index contributed by atoms with van der Waals surface area (Å²) in [4.78, 5) is 18.4. The smallest absolute Gasteiger partial charge is 0.264 e. The lowest BCUT2D eigenvalue weighted by molar-refractivity contribution is 1.13. The van der Waals surface area contributed by atoms with Gasteiger partial charge in [-0.1, -0.05) is 91.5 Å². The van der Waals surface area contributed by atoms with Crippen molar-refractivity contribution in [3.05, 3.63) is 114 Å². The van der Waals surface area contributed by atoms with E-state index in [0.717, 1.165) is 33.1 Å². The molecule has 5 aromatic rings. The number of nitrogens with zero attached hydrogens (tertiary/aromatic N) is 2. The maximum Gasteiger partial charge on any atom is 0.264 e. The molecule has 2 heterocycles. The van der Waals surface area contributed by atoms with Gasteiger partial charge in [-0.15, -0.1) is 0 Å². The second-order valence-corrected chi connectivity index (χ2v) is 6.86. The predicted octanol–water partition coefficient (Wildman–Crippen LogP) is 5.86. The number of benzene rings is 3. The Bertz CT molecular complexity index is 1470. The lowest BCUT2D eigenvalue weighted by Gasteiger charge is -2.07. The zero-order valence-electron chi connectivity index (χ0n) is 15.7. The van der Waals surface area contributed by atoms with Crippen molar-refractivity contribution >= 4 is 33.3 Å². The van der Waals surface area contributed by atoms with E-state index in [4.69, 9.17) is 4.98 Å². The average Bonchev–Trinajstić information content (AvgIpc) is 3.15. The van der Waals surface area contributed by atoms with Crippen LogP contribution in [-0.2, 0) is 0 Å². The SMILES string of the molecule is C=CC=CC=Cc1c(-c2ccccc2)nc2c3cccc4cccc(c(=O)n12)c43. The van der Waals surface area contributed by atoms with Gasteiger partial charge in [0.25, 0.3) is 5.56 Å². The summed E-state index contributed by atoms with van der Waals surface area (Å²) < 4.78 is 1.73. The van der Waals surface area contributed by atoms with Gasteiger partial charge in [0.1, 0.15) is 5.65 Å². The van der Waals surface area contributed by atoms with E-state index < -0.39 is 0 Å². The molecule has 0 amide bonds. The quantitative estimate of drug-likeness (QED) is 0.369. The van der Waals surface area contributed by atoms with Gasteiger partial charge < -0.3 is 0 Å². The molecule has 0 radical (unpaired) electrons. The number of allylic oxidation sites excluding steroid dienone is 4. The Labute approximate surface area is 167 Å². The van der Waals surface area contributed by atoms with E-state index >= 15 is 0 Å². The van der Waals surface area contributed by atoms with E-state index in [1.54, 1.807) is 10.5 Å². The number of pyridine rings is 1. The number of hydrogen-bond donors (Lipinski definition) is 0. The molecule has 0 saturated heterocycles. The van der Waals surface area contributed by atoms with Crippen LogP contribution >= 0.6 is 0 Å². The molecule has 0 spiro atoms. The molecule has 0 saturated carbocycles. The van der Waals surface area contributed by atoms with Crippen LogP contribution < -0.4 is 5.56 Å². The summed E-state index contributed by atoms with van der Waals surface area (Å²) >= 11 is 0. The van der Waals surface area contributed by atoms with Gasteiger partial charge in [0, 0.05) is 21.7 Å². The fraction of sp³-hybridized carbons (Fsp3) is 0. The van der Waals surface area contributed by atoms with Crippen LogP contribution in [0.5, 0.6) is 0 Å². The van der Waals surface area contributed by atoms with E-state index in [0.29, 0.717) is 11.0 Å². The van der Waals surface area contributed by atoms with Crippen LogP contribution in [0.3, 0.4) is 0 Å². The summed E-state index contributed by atoms with van der Waals surface area (Å²) in [7, 11) is 0. The third kappa shape index (κ3) is 2.67. The standard InChI is InChI=1S/C26H18N2O/c1-2-3-4-8-17-22-24(19-11-6-5-7-12-19)27-25-20-15-9-13-18-14-10-16-21(23(18)20)26(29)28(22)25/h2-17H,1H2. The molecular weight excluding hydrogens is 356 g/mol. The summed E-state index contributed by atoms with van der Waals surface area (Å²) in [5.41, 5.74) is 3.18. The maximum atomic E-state index is 13.5. The molecule has 0 atom stereocenters. The first-order chi connectivity index (χ1) is 14.3. The van der Waals surface area contributed by atoms with Gasteiger partial charge in [0.15, 0.2) is 0 Å². The van der Waals surface area contributed by atoms with Crippen molar-refractivity contribution < 1.29 is 0 Å². The lowest BCUT2D eigenvalue weighted by Crippen LogP contribution is -2.14. The highest BCUT2D eigenvalue weighted by Crippen LogP contribution is 2.31. The molecule has 0 bridgehead atoms. The molecule has 3 aromatic carbocycles. The fourth-order valence-electron chi connectivity index (χ4n) is 3.90. The molecule has 2 aromatic heterocycles. The van der Waals surface area contributed by atoms with Crippen molar-refractivity contribution in [2.45, 2.75) is 0 Å². The molecule has 0 aliphatic rings. The Morgan fingerprint density at radius 3 is 2.34 bits per heavy atom. The van der Waals surface area contributed by atoms with E-state index in [-0.39, 0.29) is 5.56 Å². The molecule has 0 N–H and O–H groups in total. The number of hydrogen-bond acceptors (Lipinski definition) is 2. The summed E-state index contributed by atoms with van der Waals surface area (Å²) in [6.45, 7) is 3.70. The van der Waals surface area contributed by atoms with Crippen LogP contribution in [0.1, 0.15) is 5.69 Å². The van der Waals surface area contributed by atoms with Crippen molar-refractivity contribution in [2.24, 2.45) is 0 Å². The van der Waals surface area contributed by atoms with Crippen molar-refractivity contribution in [1.29, 1.82) is 0 Å². The first kappa shape index (κ1) is 17.1. The van der Waals surface area contributed by atoms with Crippen molar-refractivity contribution in [3.63, 3.8) is 0 Å². The molecule has 0 aliphatic heterocycles. The summed E-state index contributed by atoms with van der Waals surface area (Å²) in [5, 5.41) is 3.71. The summed E-state index contributed by atoms with van der Waals surface area (Å²) in [6, 6.07) is 21.9. The van der Waals surface area contributed by atoms with E-state index in [9.17, 15) is 4.79 Å². The van der Waals surface area contributed by atoms with Gasteiger partial charge in [-0.3, -0.25) is 9.20 Å². The zero-order chi connectivity index (χ0) is 19.8. The molecular formula is C26H18N2O. The minimum Gasteiger partial charge on any atom is -0.268 e. The number of aromatic nitrogens is 2. The summed E-state index contributed by atoms with van der Waals surface area (Å²) in [5.74, 6) is 0. The zero-order valence-corrected chi connectivity index (χ0v) is 15.7. The first-order valence-corrected chi connectivity index (χ1v) is 9.50. The van der Waals surface area contributed by atoms with Crippen LogP contribution in [0.4, 0.5) is 0 Å². The minimum absolute atomic E-state index is 0.0497. The highest BCUT2D eigenvalue weighted by Gasteiger charge is 2.19. The highest BCUT2D eigenvalue weighted by molar-refractivity contribution is 6.14. The second kappa shape index (κ2) is 6.88. The minimum atomic E-state index is -0.0497. The van der Waals surface area contributed by atoms with Gasteiger partial charge in [0.2, 0.25) is 0 Å². The molecule has 138 valence electrons. The van der Waals surface area contributed by atoms with E-state index in [1.807, 2.05) is 91.0 Å². The van der Waals surface area contributed by atoms with Crippen LogP contribution in [0.15, 0.2) is 102 Å². The Morgan fingerprint density at radius 1 is 0.828 bits per heavy atom. The second-order valence-electron chi connectivity index (χ2n) is 6.86. The normalized spacial score (nSPS) is 12.1. The molecule has 3 heteroatoms. The van der Waals surface area contributed by atoms with Crippen molar-refractivity contribution in [2.75, 3.05) is 0 Å². The van der Waals surface area contributed by atoms with Crippen LogP contribution in [0, 0.1) is 0 Å². The van der Waals surface area contributed by atoms with E-state index in [2.05, 4.69) is 6.58 Å². The third-order valence-electron chi connectivity index (χ3n) is 5.15. The number of rotatable bonds is 4. The van der Waals surface area contributed by atoms with Crippen molar-refractivity contribution in [1.82, 2.24) is 9.38 Å². The summed E-state index contributed by atoms with van der Waals surface area (Å²) in [6.07, 6.45) is 9.31. The van der Waals surface area contributed by atoms with Gasteiger partial charge in [0.05, 0.1) is 11.4 Å². The molecule has 29 heavy (non-hydrogen) atoms. The Hall–Kier alpha value is -3.98. The van der Waals surface area contributed by atoms with Crippen LogP contribution in [0.2, 0.25) is 0 Å². The largest absolute Gasteiger partial charge is 0.268 e. The molecule has 3 nitrogen and oxygen atoms in total. The third-order valence-corrected chi connectivity index (χ3v) is 5.15. The molecule has 0 unspecified atom stereocenters.